The predicted molar refractivity (Wildman–Crippen MR) is 148 cm³/mol. The van der Waals surface area contributed by atoms with E-state index in [1.165, 1.54) is 0 Å². The number of aromatic nitrogens is 3. The minimum atomic E-state index is -3.42. The van der Waals surface area contributed by atoms with E-state index in [9.17, 15) is 13.2 Å². The second-order valence-electron chi connectivity index (χ2n) is 9.47. The summed E-state index contributed by atoms with van der Waals surface area (Å²) < 4.78 is 34.2. The third-order valence-electron chi connectivity index (χ3n) is 6.49. The first kappa shape index (κ1) is 25.5. The molecule has 0 spiro atoms. The first-order valence-electron chi connectivity index (χ1n) is 12.2. The number of benzene rings is 2. The van der Waals surface area contributed by atoms with Crippen LogP contribution in [-0.4, -0.2) is 54.3 Å². The smallest absolute Gasteiger partial charge is 0.243 e. The molecule has 0 saturated carbocycles. The molecule has 1 amide bonds. The van der Waals surface area contributed by atoms with Crippen LogP contribution in [0.4, 0.5) is 5.69 Å². The van der Waals surface area contributed by atoms with E-state index < -0.39 is 10.0 Å². The van der Waals surface area contributed by atoms with Gasteiger partial charge in [-0.2, -0.15) is 5.10 Å². The molecule has 0 saturated heterocycles. The number of carbonyl (C=O) groups excluding carboxylic acids is 1. The van der Waals surface area contributed by atoms with Crippen molar-refractivity contribution in [2.24, 2.45) is 0 Å². The maximum Gasteiger partial charge on any atom is 0.243 e. The van der Waals surface area contributed by atoms with Gasteiger partial charge in [-0.25, -0.2) is 13.4 Å². The van der Waals surface area contributed by atoms with Crippen molar-refractivity contribution in [3.05, 3.63) is 83.2 Å². The van der Waals surface area contributed by atoms with Crippen LogP contribution in [0, 0.1) is 0 Å². The molecular formula is C28H29N5O4S. The van der Waals surface area contributed by atoms with E-state index in [1.54, 1.807) is 42.1 Å². The van der Waals surface area contributed by atoms with Crippen LogP contribution >= 0.6 is 0 Å². The monoisotopic (exact) mass is 531 g/mol. The van der Waals surface area contributed by atoms with Gasteiger partial charge in [0.2, 0.25) is 21.8 Å². The zero-order chi connectivity index (χ0) is 27.0. The van der Waals surface area contributed by atoms with Crippen molar-refractivity contribution in [3.8, 4) is 5.88 Å². The molecule has 0 aliphatic carbocycles. The minimum absolute atomic E-state index is 0.0470. The molecule has 4 aromatic rings. The van der Waals surface area contributed by atoms with E-state index in [0.717, 1.165) is 50.6 Å². The molecule has 5 rings (SSSR count). The molecule has 0 fully saturated rings. The molecule has 196 valence electrons. The molecule has 10 heteroatoms. The number of hydrogen-bond donors (Lipinski definition) is 1. The molecule has 9 nitrogen and oxygen atoms in total. The van der Waals surface area contributed by atoms with Crippen molar-refractivity contribution in [2.75, 3.05) is 25.1 Å². The van der Waals surface area contributed by atoms with Gasteiger partial charge < -0.3 is 9.64 Å². The van der Waals surface area contributed by atoms with Crippen molar-refractivity contribution in [2.45, 2.75) is 26.5 Å². The number of nitrogens with one attached hydrogen (secondary N) is 1. The SMILES string of the molecule is CC/C(=C1\c2cc3cnn(CC(=O)N(C)C)c3cc2COc2ncccc21)c1cccc(NS(C)(=O)=O)c1. The summed E-state index contributed by atoms with van der Waals surface area (Å²) in [5.41, 5.74) is 7.03. The minimum Gasteiger partial charge on any atom is -0.472 e. The highest BCUT2D eigenvalue weighted by atomic mass is 32.2. The molecule has 0 unspecified atom stereocenters. The van der Waals surface area contributed by atoms with Gasteiger partial charge in [0.05, 0.1) is 18.0 Å². The number of carbonyl (C=O) groups is 1. The van der Waals surface area contributed by atoms with Crippen LogP contribution < -0.4 is 9.46 Å². The molecule has 1 N–H and O–H groups in total. The highest BCUT2D eigenvalue weighted by Crippen LogP contribution is 2.42. The molecule has 0 atom stereocenters. The maximum atomic E-state index is 12.4. The standard InChI is InChI=1S/C28H29N5O4S/c1-5-22(18-8-6-9-21(12-18)31-38(4,35)36)27-23-10-7-11-29-28(23)37-17-20-14-25-19(13-24(20)27)15-30-33(25)16-26(34)32(2)3/h6-15,31H,5,16-17H2,1-4H3/b27-22+. The quantitative estimate of drug-likeness (QED) is 0.401. The topological polar surface area (TPSA) is 106 Å². The lowest BCUT2D eigenvalue weighted by Gasteiger charge is -2.18. The van der Waals surface area contributed by atoms with Crippen molar-refractivity contribution < 1.29 is 17.9 Å². The Balaban J connectivity index is 1.74. The number of hydrogen-bond acceptors (Lipinski definition) is 6. The zero-order valence-electron chi connectivity index (χ0n) is 21.7. The summed E-state index contributed by atoms with van der Waals surface area (Å²) in [5.74, 6) is 0.484. The second-order valence-corrected chi connectivity index (χ2v) is 11.2. The number of rotatable bonds is 6. The van der Waals surface area contributed by atoms with Gasteiger partial charge in [0.1, 0.15) is 13.2 Å². The molecule has 3 heterocycles. The molecule has 2 aromatic carbocycles. The molecular weight excluding hydrogens is 502 g/mol. The van der Waals surface area contributed by atoms with Crippen molar-refractivity contribution in [3.63, 3.8) is 0 Å². The van der Waals surface area contributed by atoms with E-state index in [-0.39, 0.29) is 12.5 Å². The van der Waals surface area contributed by atoms with Gasteiger partial charge in [-0.15, -0.1) is 0 Å². The van der Waals surface area contributed by atoms with Crippen LogP contribution in [-0.2, 0) is 28.0 Å². The summed E-state index contributed by atoms with van der Waals surface area (Å²) in [7, 11) is 0.0254. The normalized spacial score (nSPS) is 14.2. The number of pyridine rings is 1. The predicted octanol–water partition coefficient (Wildman–Crippen LogP) is 4.15. The van der Waals surface area contributed by atoms with Gasteiger partial charge in [0.15, 0.2) is 0 Å². The Bertz CT molecular complexity index is 1690. The van der Waals surface area contributed by atoms with Crippen LogP contribution in [0.2, 0.25) is 0 Å². The van der Waals surface area contributed by atoms with Crippen molar-refractivity contribution in [1.82, 2.24) is 19.7 Å². The Hall–Kier alpha value is -4.18. The molecule has 0 radical (unpaired) electrons. The second kappa shape index (κ2) is 9.94. The molecule has 1 aliphatic rings. The van der Waals surface area contributed by atoms with Gasteiger partial charge in [-0.3, -0.25) is 14.2 Å². The fourth-order valence-corrected chi connectivity index (χ4v) is 5.29. The first-order chi connectivity index (χ1) is 18.1. The van der Waals surface area contributed by atoms with Crippen LogP contribution in [0.1, 0.15) is 35.6 Å². The number of anilines is 1. The van der Waals surface area contributed by atoms with Gasteiger partial charge in [0.25, 0.3) is 0 Å². The molecule has 1 aliphatic heterocycles. The number of likely N-dealkylation sites (N-methyl/N-ethyl adjacent to an activating group) is 1. The molecule has 0 bridgehead atoms. The van der Waals surface area contributed by atoms with Gasteiger partial charge >= 0.3 is 0 Å². The van der Waals surface area contributed by atoms with Crippen molar-refractivity contribution >= 4 is 43.7 Å². The lowest BCUT2D eigenvalue weighted by Crippen LogP contribution is -2.26. The highest BCUT2D eigenvalue weighted by molar-refractivity contribution is 7.92. The third-order valence-corrected chi connectivity index (χ3v) is 7.10. The Labute approximate surface area is 221 Å². The Morgan fingerprint density at radius 1 is 1.13 bits per heavy atom. The van der Waals surface area contributed by atoms with Crippen molar-refractivity contribution in [1.29, 1.82) is 0 Å². The van der Waals surface area contributed by atoms with Crippen LogP contribution in [0.15, 0.2) is 60.9 Å². The summed E-state index contributed by atoms with van der Waals surface area (Å²) in [4.78, 5) is 18.4. The van der Waals surface area contributed by atoms with E-state index >= 15 is 0 Å². The third kappa shape index (κ3) is 4.99. The van der Waals surface area contributed by atoms with Gasteiger partial charge in [-0.1, -0.05) is 19.1 Å². The van der Waals surface area contributed by atoms with Crippen LogP contribution in [0.3, 0.4) is 0 Å². The van der Waals surface area contributed by atoms with E-state index in [1.807, 2.05) is 36.4 Å². The molecule has 38 heavy (non-hydrogen) atoms. The number of sulfonamides is 1. The summed E-state index contributed by atoms with van der Waals surface area (Å²) >= 11 is 0. The average molecular weight is 532 g/mol. The lowest BCUT2D eigenvalue weighted by molar-refractivity contribution is -0.129. The Morgan fingerprint density at radius 3 is 2.68 bits per heavy atom. The largest absolute Gasteiger partial charge is 0.472 e. The summed E-state index contributed by atoms with van der Waals surface area (Å²) in [6.45, 7) is 2.52. The summed E-state index contributed by atoms with van der Waals surface area (Å²) in [6, 6.07) is 15.4. The highest BCUT2D eigenvalue weighted by Gasteiger charge is 2.25. The molecule has 2 aromatic heterocycles. The van der Waals surface area contributed by atoms with Gasteiger partial charge in [0, 0.05) is 36.9 Å². The Morgan fingerprint density at radius 2 is 1.95 bits per heavy atom. The number of ether oxygens (including phenoxy) is 1. The van der Waals surface area contributed by atoms with E-state index in [4.69, 9.17) is 4.74 Å². The summed E-state index contributed by atoms with van der Waals surface area (Å²) in [5, 5.41) is 5.39. The van der Waals surface area contributed by atoms with E-state index in [0.29, 0.717) is 24.6 Å². The fourth-order valence-electron chi connectivity index (χ4n) is 4.74. The maximum absolute atomic E-state index is 12.4. The lowest BCUT2D eigenvalue weighted by atomic mass is 9.86. The van der Waals surface area contributed by atoms with Crippen LogP contribution in [0.5, 0.6) is 5.88 Å². The average Bonchev–Trinajstić information content (AvgIpc) is 3.18. The van der Waals surface area contributed by atoms with Crippen LogP contribution in [0.25, 0.3) is 22.0 Å². The first-order valence-corrected chi connectivity index (χ1v) is 14.1. The summed E-state index contributed by atoms with van der Waals surface area (Å²) in [6.07, 6.45) is 5.29. The van der Waals surface area contributed by atoms with Gasteiger partial charge in [-0.05, 0) is 70.7 Å². The fraction of sp³-hybridized carbons (Fsp3) is 0.250. The Kier molecular flexibility index (Phi) is 6.66. The number of nitrogens with zero attached hydrogens (tertiary/aromatic N) is 4. The number of fused-ring (bicyclic) bond motifs is 3. The number of allylic oxidation sites excluding steroid dienone is 1. The number of amides is 1. The van der Waals surface area contributed by atoms with E-state index in [2.05, 4.69) is 27.8 Å². The zero-order valence-corrected chi connectivity index (χ0v) is 22.5.